The van der Waals surface area contributed by atoms with Crippen molar-refractivity contribution in [3.05, 3.63) is 34.6 Å². The molecule has 0 aromatic heterocycles. The average Bonchev–Trinajstić information content (AvgIpc) is 2.57. The second-order valence-electron chi connectivity index (χ2n) is 5.99. The summed E-state index contributed by atoms with van der Waals surface area (Å²) >= 11 is 6.04. The number of rotatable bonds is 5. The summed E-state index contributed by atoms with van der Waals surface area (Å²) in [5.41, 5.74) is 6.17. The molecule has 0 saturated carbocycles. The average molecular weight is 498 g/mol. The quantitative estimate of drug-likeness (QED) is 0.332. The second kappa shape index (κ2) is 11.4. The van der Waals surface area contributed by atoms with Crippen molar-refractivity contribution < 1.29 is 9.18 Å². The Labute approximate surface area is 175 Å². The molecule has 0 atom stereocenters. The molecule has 2 rings (SSSR count). The molecule has 1 aromatic rings. The number of guanidine groups is 1. The monoisotopic (exact) mass is 497 g/mol. The number of hydrogen-bond acceptors (Lipinski definition) is 2. The number of halogens is 3. The Kier molecular flexibility index (Phi) is 10.0. The fourth-order valence-corrected chi connectivity index (χ4v) is 3.03. The van der Waals surface area contributed by atoms with Crippen molar-refractivity contribution in [2.24, 2.45) is 10.7 Å². The second-order valence-corrected chi connectivity index (χ2v) is 6.40. The van der Waals surface area contributed by atoms with Crippen LogP contribution in [0.1, 0.15) is 25.3 Å². The van der Waals surface area contributed by atoms with Crippen LogP contribution in [-0.4, -0.2) is 49.1 Å². The summed E-state index contributed by atoms with van der Waals surface area (Å²) in [6.45, 7) is 4.60. The van der Waals surface area contributed by atoms with Gasteiger partial charge >= 0.3 is 6.03 Å². The van der Waals surface area contributed by atoms with Crippen molar-refractivity contribution in [2.45, 2.75) is 32.2 Å². The van der Waals surface area contributed by atoms with Crippen LogP contribution < -0.4 is 16.4 Å². The summed E-state index contributed by atoms with van der Waals surface area (Å²) in [5.74, 6) is 0.396. The van der Waals surface area contributed by atoms with Crippen molar-refractivity contribution in [3.63, 3.8) is 0 Å². The first kappa shape index (κ1) is 22.8. The van der Waals surface area contributed by atoms with Crippen molar-refractivity contribution in [3.8, 4) is 0 Å². The van der Waals surface area contributed by atoms with E-state index in [1.807, 2.05) is 6.92 Å². The summed E-state index contributed by atoms with van der Waals surface area (Å²) in [6, 6.07) is 4.29. The third kappa shape index (κ3) is 7.14. The van der Waals surface area contributed by atoms with E-state index in [1.165, 1.54) is 12.1 Å². The van der Waals surface area contributed by atoms with Crippen LogP contribution in [0, 0.1) is 5.82 Å². The molecule has 2 amide bonds. The lowest BCUT2D eigenvalue weighted by Gasteiger charge is -2.32. The number of nitrogens with two attached hydrogens (primary N) is 1. The normalized spacial score (nSPS) is 15.3. The Morgan fingerprint density at radius 2 is 2.12 bits per heavy atom. The molecule has 0 radical (unpaired) electrons. The zero-order chi connectivity index (χ0) is 18.2. The predicted molar refractivity (Wildman–Crippen MR) is 114 cm³/mol. The first-order valence-electron chi connectivity index (χ1n) is 8.52. The van der Waals surface area contributed by atoms with Crippen LogP contribution in [-0.2, 0) is 6.42 Å². The number of nitrogens with zero attached hydrogens (tertiary/aromatic N) is 2. The molecule has 1 saturated heterocycles. The Hall–Kier alpha value is -1.29. The van der Waals surface area contributed by atoms with Gasteiger partial charge in [-0.3, -0.25) is 4.99 Å². The van der Waals surface area contributed by atoms with Gasteiger partial charge in [0.15, 0.2) is 5.96 Å². The van der Waals surface area contributed by atoms with Crippen LogP contribution in [0.5, 0.6) is 0 Å². The molecular formula is C17H26ClFIN5O. The summed E-state index contributed by atoms with van der Waals surface area (Å²) in [7, 11) is 0. The number of amides is 2. The van der Waals surface area contributed by atoms with Gasteiger partial charge in [0.25, 0.3) is 0 Å². The van der Waals surface area contributed by atoms with Gasteiger partial charge in [-0.2, -0.15) is 0 Å². The Morgan fingerprint density at radius 3 is 2.69 bits per heavy atom. The van der Waals surface area contributed by atoms with E-state index in [0.29, 0.717) is 31.1 Å². The highest BCUT2D eigenvalue weighted by Gasteiger charge is 2.21. The summed E-state index contributed by atoms with van der Waals surface area (Å²) in [4.78, 5) is 17.4. The predicted octanol–water partition coefficient (Wildman–Crippen LogP) is 2.74. The largest absolute Gasteiger partial charge is 0.357 e. The van der Waals surface area contributed by atoms with E-state index < -0.39 is 0 Å². The highest BCUT2D eigenvalue weighted by molar-refractivity contribution is 14.0. The van der Waals surface area contributed by atoms with E-state index in [1.54, 1.807) is 11.0 Å². The fraction of sp³-hybridized carbons (Fsp3) is 0.529. The van der Waals surface area contributed by atoms with Crippen LogP contribution in [0.4, 0.5) is 9.18 Å². The first-order valence-corrected chi connectivity index (χ1v) is 8.90. The van der Waals surface area contributed by atoms with E-state index in [4.69, 9.17) is 17.3 Å². The van der Waals surface area contributed by atoms with Gasteiger partial charge in [0, 0.05) is 37.2 Å². The lowest BCUT2D eigenvalue weighted by Crippen LogP contribution is -2.50. The van der Waals surface area contributed by atoms with Crippen molar-refractivity contribution in [1.29, 1.82) is 0 Å². The molecule has 4 N–H and O–H groups in total. The lowest BCUT2D eigenvalue weighted by atomic mass is 10.1. The first-order chi connectivity index (χ1) is 12.0. The molecule has 1 aliphatic heterocycles. The number of benzene rings is 1. The Balaban J connectivity index is 0.00000338. The SMILES string of the molecule is CCNC(=NCCc1ccc(F)cc1Cl)NC1CCN(C(N)=O)CC1.I. The number of carbonyl (C=O) groups is 1. The number of piperidine rings is 1. The molecule has 1 aliphatic rings. The zero-order valence-electron chi connectivity index (χ0n) is 14.8. The Bertz CT molecular complexity index is 623. The third-order valence-corrected chi connectivity index (χ3v) is 4.51. The number of likely N-dealkylation sites (tertiary alicyclic amines) is 1. The maximum atomic E-state index is 13.1. The van der Waals surface area contributed by atoms with Gasteiger partial charge in [0.2, 0.25) is 0 Å². The van der Waals surface area contributed by atoms with Gasteiger partial charge in [0.1, 0.15) is 5.82 Å². The maximum Gasteiger partial charge on any atom is 0.314 e. The van der Waals surface area contributed by atoms with Crippen LogP contribution in [0.3, 0.4) is 0 Å². The van der Waals surface area contributed by atoms with Crippen LogP contribution in [0.15, 0.2) is 23.2 Å². The minimum Gasteiger partial charge on any atom is -0.357 e. The van der Waals surface area contributed by atoms with E-state index in [2.05, 4.69) is 15.6 Å². The fourth-order valence-electron chi connectivity index (χ4n) is 2.77. The topological polar surface area (TPSA) is 82.8 Å². The molecule has 0 bridgehead atoms. The van der Waals surface area contributed by atoms with Crippen LogP contribution >= 0.6 is 35.6 Å². The van der Waals surface area contributed by atoms with Gasteiger partial charge in [-0.25, -0.2) is 9.18 Å². The van der Waals surface area contributed by atoms with Gasteiger partial charge in [0.05, 0.1) is 0 Å². The minimum absolute atomic E-state index is 0. The van der Waals surface area contributed by atoms with Gasteiger partial charge in [-0.15, -0.1) is 24.0 Å². The summed E-state index contributed by atoms with van der Waals surface area (Å²) < 4.78 is 13.1. The van der Waals surface area contributed by atoms with E-state index >= 15 is 0 Å². The number of nitrogens with one attached hydrogen (secondary N) is 2. The van der Waals surface area contributed by atoms with Crippen molar-refractivity contribution in [1.82, 2.24) is 15.5 Å². The van der Waals surface area contributed by atoms with Crippen LogP contribution in [0.25, 0.3) is 0 Å². The number of hydrogen-bond donors (Lipinski definition) is 3. The highest BCUT2D eigenvalue weighted by Crippen LogP contribution is 2.17. The molecule has 1 heterocycles. The molecule has 146 valence electrons. The number of primary amides is 1. The van der Waals surface area contributed by atoms with Gasteiger partial charge in [-0.05, 0) is 43.9 Å². The summed E-state index contributed by atoms with van der Waals surface area (Å²) in [5, 5.41) is 7.03. The smallest absolute Gasteiger partial charge is 0.314 e. The molecular weight excluding hydrogens is 472 g/mol. The molecule has 6 nitrogen and oxygen atoms in total. The molecule has 0 unspecified atom stereocenters. The molecule has 1 fully saturated rings. The highest BCUT2D eigenvalue weighted by atomic mass is 127. The number of aliphatic imine (C=N–C) groups is 1. The van der Waals surface area contributed by atoms with E-state index in [9.17, 15) is 9.18 Å². The van der Waals surface area contributed by atoms with Gasteiger partial charge in [-0.1, -0.05) is 17.7 Å². The zero-order valence-corrected chi connectivity index (χ0v) is 17.9. The standard InChI is InChI=1S/C17H25ClFN5O.HI/c1-2-21-17(23-14-6-9-24(10-7-14)16(20)25)22-8-5-12-3-4-13(19)11-15(12)18;/h3-4,11,14H,2,5-10H2,1H3,(H2,20,25)(H2,21,22,23);1H. The maximum absolute atomic E-state index is 13.1. The van der Waals surface area contributed by atoms with Crippen LogP contribution in [0.2, 0.25) is 5.02 Å². The molecule has 1 aromatic carbocycles. The Morgan fingerprint density at radius 1 is 1.42 bits per heavy atom. The summed E-state index contributed by atoms with van der Waals surface area (Å²) in [6.07, 6.45) is 2.30. The molecule has 9 heteroatoms. The lowest BCUT2D eigenvalue weighted by molar-refractivity contribution is 0.188. The molecule has 26 heavy (non-hydrogen) atoms. The number of urea groups is 1. The number of carbonyl (C=O) groups excluding carboxylic acids is 1. The van der Waals surface area contributed by atoms with Crippen molar-refractivity contribution in [2.75, 3.05) is 26.2 Å². The van der Waals surface area contributed by atoms with E-state index in [0.717, 1.165) is 30.9 Å². The third-order valence-electron chi connectivity index (χ3n) is 4.16. The molecule has 0 spiro atoms. The minimum atomic E-state index is -0.366. The van der Waals surface area contributed by atoms with Crippen molar-refractivity contribution >= 4 is 47.6 Å². The van der Waals surface area contributed by atoms with E-state index in [-0.39, 0.29) is 41.9 Å². The van der Waals surface area contributed by atoms with Gasteiger partial charge < -0.3 is 21.3 Å². The molecule has 0 aliphatic carbocycles.